The third kappa shape index (κ3) is 3.48. The maximum atomic E-state index is 12.4. The molecule has 1 N–H and O–H groups in total. The number of fused-ring (bicyclic) bond motifs is 1. The van der Waals surface area contributed by atoms with Gasteiger partial charge < -0.3 is 10.2 Å². The molecule has 6 heteroatoms. The normalized spacial score (nSPS) is 29.2. The van der Waals surface area contributed by atoms with Crippen molar-refractivity contribution >= 4 is 17.7 Å². The average Bonchev–Trinajstić information content (AvgIpc) is 2.81. The molecule has 0 aromatic heterocycles. The van der Waals surface area contributed by atoms with E-state index >= 15 is 0 Å². The highest BCUT2D eigenvalue weighted by Gasteiger charge is 2.48. The smallest absolute Gasteiger partial charge is 0.240 e. The number of nitrogens with one attached hydrogen (secondary N) is 1. The number of rotatable bonds is 4. The molecule has 2 atom stereocenters. The summed E-state index contributed by atoms with van der Waals surface area (Å²) in [6.45, 7) is 6.23. The second-order valence-corrected chi connectivity index (χ2v) is 7.73. The fourth-order valence-electron chi connectivity index (χ4n) is 4.36. The van der Waals surface area contributed by atoms with Crippen molar-refractivity contribution in [3.05, 3.63) is 0 Å². The van der Waals surface area contributed by atoms with E-state index in [1.807, 2.05) is 0 Å². The van der Waals surface area contributed by atoms with Gasteiger partial charge in [0.05, 0.1) is 11.8 Å². The highest BCUT2D eigenvalue weighted by atomic mass is 16.2. The molecule has 2 heterocycles. The molecule has 0 spiro atoms. The van der Waals surface area contributed by atoms with E-state index < -0.39 is 0 Å². The van der Waals surface area contributed by atoms with Gasteiger partial charge in [0.2, 0.25) is 17.7 Å². The monoisotopic (exact) mass is 335 g/mol. The number of piperidine rings is 1. The Morgan fingerprint density at radius 1 is 1.04 bits per heavy atom. The first kappa shape index (κ1) is 17.4. The molecular weight excluding hydrogens is 306 g/mol. The number of imide groups is 1. The molecule has 0 radical (unpaired) electrons. The van der Waals surface area contributed by atoms with E-state index in [0.717, 1.165) is 51.6 Å². The molecule has 24 heavy (non-hydrogen) atoms. The first-order valence-electron chi connectivity index (χ1n) is 9.36. The molecule has 1 saturated carbocycles. The van der Waals surface area contributed by atoms with E-state index in [9.17, 15) is 14.4 Å². The summed E-state index contributed by atoms with van der Waals surface area (Å²) in [5.41, 5.74) is 0. The minimum Gasteiger partial charge on any atom is -0.352 e. The molecule has 2 unspecified atom stereocenters. The standard InChI is InChI=1S/C18H29N3O3/c1-12(2)20-9-7-13(8-10-20)19-16(22)11-21-17(23)14-5-3-4-6-15(14)18(21)24/h12-15H,3-11H2,1-2H3,(H,19,22). The summed E-state index contributed by atoms with van der Waals surface area (Å²) in [6, 6.07) is 0.687. The lowest BCUT2D eigenvalue weighted by Gasteiger charge is -2.35. The van der Waals surface area contributed by atoms with Crippen molar-refractivity contribution in [3.8, 4) is 0 Å². The second kappa shape index (κ2) is 7.21. The van der Waals surface area contributed by atoms with Crippen molar-refractivity contribution in [2.45, 2.75) is 64.5 Å². The van der Waals surface area contributed by atoms with Crippen LogP contribution >= 0.6 is 0 Å². The zero-order chi connectivity index (χ0) is 17.3. The van der Waals surface area contributed by atoms with Crippen LogP contribution in [0.1, 0.15) is 52.4 Å². The molecule has 6 nitrogen and oxygen atoms in total. The summed E-state index contributed by atoms with van der Waals surface area (Å²) < 4.78 is 0. The largest absolute Gasteiger partial charge is 0.352 e. The van der Waals surface area contributed by atoms with Gasteiger partial charge in [-0.25, -0.2) is 0 Å². The number of amides is 3. The second-order valence-electron chi connectivity index (χ2n) is 7.73. The lowest BCUT2D eigenvalue weighted by atomic mass is 9.81. The molecule has 134 valence electrons. The summed E-state index contributed by atoms with van der Waals surface area (Å²) in [5, 5.41) is 3.02. The summed E-state index contributed by atoms with van der Waals surface area (Å²) in [5.74, 6) is -0.802. The van der Waals surface area contributed by atoms with Crippen LogP contribution in [0, 0.1) is 11.8 Å². The molecule has 0 aromatic carbocycles. The molecule has 3 amide bonds. The topological polar surface area (TPSA) is 69.7 Å². The van der Waals surface area contributed by atoms with E-state index in [-0.39, 0.29) is 42.1 Å². The Balaban J connectivity index is 1.50. The van der Waals surface area contributed by atoms with Gasteiger partial charge in [0, 0.05) is 25.2 Å². The Hall–Kier alpha value is -1.43. The van der Waals surface area contributed by atoms with Gasteiger partial charge in [-0.3, -0.25) is 19.3 Å². The van der Waals surface area contributed by atoms with Gasteiger partial charge in [-0.2, -0.15) is 0 Å². The van der Waals surface area contributed by atoms with Crippen LogP contribution in [0.3, 0.4) is 0 Å². The molecular formula is C18H29N3O3. The SMILES string of the molecule is CC(C)N1CCC(NC(=O)CN2C(=O)C3CCCCC3C2=O)CC1. The third-order valence-electron chi connectivity index (χ3n) is 5.86. The number of carbonyl (C=O) groups is 3. The van der Waals surface area contributed by atoms with Crippen molar-refractivity contribution in [1.29, 1.82) is 0 Å². The fraction of sp³-hybridized carbons (Fsp3) is 0.833. The van der Waals surface area contributed by atoms with Crippen LogP contribution in [-0.4, -0.2) is 59.2 Å². The number of likely N-dealkylation sites (tertiary alicyclic amines) is 2. The maximum Gasteiger partial charge on any atom is 0.240 e. The minimum atomic E-state index is -0.196. The maximum absolute atomic E-state index is 12.4. The van der Waals surface area contributed by atoms with Gasteiger partial charge in [0.25, 0.3) is 0 Å². The minimum absolute atomic E-state index is 0.102. The van der Waals surface area contributed by atoms with Crippen LogP contribution in [0.4, 0.5) is 0 Å². The zero-order valence-corrected chi connectivity index (χ0v) is 14.8. The predicted octanol–water partition coefficient (Wildman–Crippen LogP) is 1.15. The van der Waals surface area contributed by atoms with Crippen molar-refractivity contribution in [2.24, 2.45) is 11.8 Å². The van der Waals surface area contributed by atoms with Crippen LogP contribution in [0.25, 0.3) is 0 Å². The van der Waals surface area contributed by atoms with Crippen LogP contribution in [0.2, 0.25) is 0 Å². The van der Waals surface area contributed by atoms with Gasteiger partial charge in [0.15, 0.2) is 0 Å². The van der Waals surface area contributed by atoms with Crippen molar-refractivity contribution in [1.82, 2.24) is 15.1 Å². The zero-order valence-electron chi connectivity index (χ0n) is 14.8. The van der Waals surface area contributed by atoms with Crippen LogP contribution in [-0.2, 0) is 14.4 Å². The van der Waals surface area contributed by atoms with E-state index in [1.165, 1.54) is 4.90 Å². The van der Waals surface area contributed by atoms with E-state index in [4.69, 9.17) is 0 Å². The summed E-state index contributed by atoms with van der Waals surface area (Å²) in [7, 11) is 0. The van der Waals surface area contributed by atoms with Crippen molar-refractivity contribution in [3.63, 3.8) is 0 Å². The Kier molecular flexibility index (Phi) is 5.23. The Bertz CT molecular complexity index is 488. The molecule has 2 aliphatic heterocycles. The van der Waals surface area contributed by atoms with Crippen LogP contribution in [0.15, 0.2) is 0 Å². The highest BCUT2D eigenvalue weighted by Crippen LogP contribution is 2.37. The van der Waals surface area contributed by atoms with Gasteiger partial charge in [-0.1, -0.05) is 12.8 Å². The van der Waals surface area contributed by atoms with E-state index in [2.05, 4.69) is 24.1 Å². The molecule has 0 aromatic rings. The third-order valence-corrected chi connectivity index (χ3v) is 5.86. The summed E-state index contributed by atoms with van der Waals surface area (Å²) in [4.78, 5) is 40.7. The Labute approximate surface area is 143 Å². The predicted molar refractivity (Wildman–Crippen MR) is 90.0 cm³/mol. The molecule has 2 saturated heterocycles. The number of hydrogen-bond acceptors (Lipinski definition) is 4. The molecule has 0 bridgehead atoms. The average molecular weight is 335 g/mol. The van der Waals surface area contributed by atoms with Gasteiger partial charge in [0.1, 0.15) is 6.54 Å². The fourth-order valence-corrected chi connectivity index (χ4v) is 4.36. The van der Waals surface area contributed by atoms with Crippen LogP contribution < -0.4 is 5.32 Å². The van der Waals surface area contributed by atoms with Crippen LogP contribution in [0.5, 0.6) is 0 Å². The first-order valence-corrected chi connectivity index (χ1v) is 9.36. The van der Waals surface area contributed by atoms with Gasteiger partial charge in [-0.05, 0) is 39.5 Å². The summed E-state index contributed by atoms with van der Waals surface area (Å²) in [6.07, 6.45) is 5.46. The lowest BCUT2D eigenvalue weighted by Crippen LogP contribution is -2.49. The number of carbonyl (C=O) groups excluding carboxylic acids is 3. The number of nitrogens with zero attached hydrogens (tertiary/aromatic N) is 2. The Morgan fingerprint density at radius 2 is 1.58 bits per heavy atom. The Morgan fingerprint density at radius 3 is 2.08 bits per heavy atom. The lowest BCUT2D eigenvalue weighted by molar-refractivity contribution is -0.143. The molecule has 3 aliphatic rings. The van der Waals surface area contributed by atoms with Crippen molar-refractivity contribution < 1.29 is 14.4 Å². The number of hydrogen-bond donors (Lipinski definition) is 1. The van der Waals surface area contributed by atoms with Gasteiger partial charge >= 0.3 is 0 Å². The highest BCUT2D eigenvalue weighted by molar-refractivity contribution is 6.07. The molecule has 3 rings (SSSR count). The van der Waals surface area contributed by atoms with E-state index in [0.29, 0.717) is 6.04 Å². The van der Waals surface area contributed by atoms with Crippen molar-refractivity contribution in [2.75, 3.05) is 19.6 Å². The molecule has 1 aliphatic carbocycles. The first-order chi connectivity index (χ1) is 11.5. The summed E-state index contributed by atoms with van der Waals surface area (Å²) >= 11 is 0. The molecule has 3 fully saturated rings. The van der Waals surface area contributed by atoms with E-state index in [1.54, 1.807) is 0 Å². The van der Waals surface area contributed by atoms with Gasteiger partial charge in [-0.15, -0.1) is 0 Å². The quantitative estimate of drug-likeness (QED) is 0.783.